The van der Waals surface area contributed by atoms with Crippen LogP contribution < -0.4 is 14.8 Å². The minimum absolute atomic E-state index is 0.0674. The number of carbonyl (C=O) groups is 2. The molecule has 224 valence electrons. The van der Waals surface area contributed by atoms with Crippen LogP contribution in [-0.2, 0) is 11.2 Å². The number of benzene rings is 4. The number of phenols is 2. The first kappa shape index (κ1) is 36.0. The summed E-state index contributed by atoms with van der Waals surface area (Å²) in [5.74, 6) is 0.966. The van der Waals surface area contributed by atoms with Crippen LogP contribution in [0.25, 0.3) is 0 Å². The van der Waals surface area contributed by atoms with E-state index in [4.69, 9.17) is 9.47 Å². The maximum absolute atomic E-state index is 13.2. The van der Waals surface area contributed by atoms with Crippen molar-refractivity contribution in [3.63, 3.8) is 0 Å². The predicted molar refractivity (Wildman–Crippen MR) is 221 cm³/mol. The van der Waals surface area contributed by atoms with E-state index in [1.54, 1.807) is 42.5 Å². The van der Waals surface area contributed by atoms with Crippen molar-refractivity contribution >= 4 is 170 Å². The highest BCUT2D eigenvalue weighted by Gasteiger charge is 2.24. The molecule has 0 saturated heterocycles. The Morgan fingerprint density at radius 3 is 1.67 bits per heavy atom. The summed E-state index contributed by atoms with van der Waals surface area (Å²) in [5, 5.41) is 32.4. The van der Waals surface area contributed by atoms with Gasteiger partial charge < -0.3 is 30.1 Å². The van der Waals surface area contributed by atoms with Crippen molar-refractivity contribution in [1.29, 1.82) is 0 Å². The fourth-order valence-corrected chi connectivity index (χ4v) is 9.98. The van der Waals surface area contributed by atoms with E-state index >= 15 is 0 Å². The first-order valence-electron chi connectivity index (χ1n) is 11.8. The van der Waals surface area contributed by atoms with Gasteiger partial charge in [0.2, 0.25) is 0 Å². The van der Waals surface area contributed by atoms with Crippen LogP contribution in [0.1, 0.15) is 15.9 Å². The van der Waals surface area contributed by atoms with Crippen LogP contribution in [0.3, 0.4) is 0 Å². The van der Waals surface area contributed by atoms with Gasteiger partial charge in [0.05, 0.1) is 25.0 Å². The molecule has 0 aliphatic rings. The molecule has 4 aromatic carbocycles. The largest absolute Gasteiger partial charge is 0.507 e. The fraction of sp³-hybridized carbons (Fsp3) is 0.0714. The number of aliphatic carboxylic acids is 1. The van der Waals surface area contributed by atoms with Gasteiger partial charge in [-0.05, 0) is 218 Å². The average molecular weight is 1370 g/mol. The van der Waals surface area contributed by atoms with Crippen molar-refractivity contribution < 1.29 is 34.4 Å². The van der Waals surface area contributed by atoms with Gasteiger partial charge in [-0.2, -0.15) is 0 Å². The second kappa shape index (κ2) is 15.8. The molecule has 0 fully saturated rings. The molecule has 0 aliphatic heterocycles. The van der Waals surface area contributed by atoms with Gasteiger partial charge in [-0.3, -0.25) is 4.79 Å². The zero-order valence-electron chi connectivity index (χ0n) is 21.1. The Labute approximate surface area is 341 Å². The van der Waals surface area contributed by atoms with Crippen molar-refractivity contribution in [2.75, 3.05) is 0 Å². The molecule has 43 heavy (non-hydrogen) atoms. The molecule has 1 unspecified atom stereocenters. The molecule has 8 nitrogen and oxygen atoms in total. The van der Waals surface area contributed by atoms with Crippen LogP contribution >= 0.6 is 158 Å². The van der Waals surface area contributed by atoms with Gasteiger partial charge in [0.25, 0.3) is 5.91 Å². The molecule has 1 atom stereocenters. The smallest absolute Gasteiger partial charge is 0.326 e. The Morgan fingerprint density at radius 1 is 0.674 bits per heavy atom. The number of carboxylic acid groups (broad SMARTS) is 1. The Bertz CT molecular complexity index is 1680. The lowest BCUT2D eigenvalue weighted by Gasteiger charge is -2.18. The fourth-order valence-electron chi connectivity index (χ4n) is 3.68. The highest BCUT2D eigenvalue weighted by Crippen LogP contribution is 2.38. The van der Waals surface area contributed by atoms with Crippen LogP contribution in [-0.4, -0.2) is 33.2 Å². The van der Waals surface area contributed by atoms with Gasteiger partial charge in [-0.25, -0.2) is 4.79 Å². The lowest BCUT2D eigenvalue weighted by molar-refractivity contribution is -0.139. The summed E-state index contributed by atoms with van der Waals surface area (Å²) in [5.41, 5.74) is 1.03. The van der Waals surface area contributed by atoms with E-state index in [1.807, 2.05) is 79.9 Å². The number of hydrogen-bond donors (Lipinski definition) is 4. The second-order valence-electron chi connectivity index (χ2n) is 8.78. The van der Waals surface area contributed by atoms with E-state index in [9.17, 15) is 24.9 Å². The van der Waals surface area contributed by atoms with E-state index in [0.29, 0.717) is 46.4 Å². The first-order valence-corrected chi connectivity index (χ1v) is 19.3. The van der Waals surface area contributed by atoms with Crippen LogP contribution in [0.4, 0.5) is 0 Å². The quantitative estimate of drug-likeness (QED) is 0.123. The molecule has 0 aromatic heterocycles. The van der Waals surface area contributed by atoms with Crippen LogP contribution in [0, 0.1) is 25.0 Å². The lowest BCUT2D eigenvalue weighted by atomic mass is 10.0. The highest BCUT2D eigenvalue weighted by molar-refractivity contribution is 14.1. The number of carbonyl (C=O) groups excluding carboxylic acids is 1. The molecule has 0 bridgehead atoms. The van der Waals surface area contributed by atoms with Crippen molar-refractivity contribution in [2.24, 2.45) is 0 Å². The SMILES string of the molecule is O=C(NC(Cc1cc(I)c(Oc2ccc(O)c(I)c2)c(I)c1)C(=O)O)c1cc(I)c(Oc2cc(I)c(O)c(I)c2)c(I)c1. The zero-order valence-corrected chi connectivity index (χ0v) is 36.2. The minimum Gasteiger partial charge on any atom is -0.507 e. The van der Waals surface area contributed by atoms with Gasteiger partial charge >= 0.3 is 5.97 Å². The van der Waals surface area contributed by atoms with Crippen molar-refractivity contribution in [3.05, 3.63) is 90.7 Å². The van der Waals surface area contributed by atoms with Crippen LogP contribution in [0.15, 0.2) is 54.6 Å². The van der Waals surface area contributed by atoms with E-state index < -0.39 is 17.9 Å². The number of amides is 1. The van der Waals surface area contributed by atoms with E-state index in [1.165, 1.54) is 0 Å². The third kappa shape index (κ3) is 9.36. The zero-order chi connectivity index (χ0) is 31.6. The summed E-state index contributed by atoms with van der Waals surface area (Å²) < 4.78 is 17.0. The average Bonchev–Trinajstić information content (AvgIpc) is 2.92. The number of hydrogen-bond acceptors (Lipinski definition) is 6. The van der Waals surface area contributed by atoms with E-state index in [0.717, 1.165) is 12.7 Å². The minimum atomic E-state index is -1.17. The summed E-state index contributed by atoms with van der Waals surface area (Å²) in [6.07, 6.45) is 0.0674. The topological polar surface area (TPSA) is 125 Å². The molecule has 0 spiro atoms. The first-order chi connectivity index (χ1) is 20.2. The number of aromatic hydroxyl groups is 2. The Morgan fingerprint density at radius 2 is 1.16 bits per heavy atom. The third-order valence-electron chi connectivity index (χ3n) is 5.71. The molecule has 4 rings (SSSR count). The number of halogens is 7. The standard InChI is InChI=1S/C28H16I7NO7/c29-15-8-13(1-2-23(15)37)42-25-18(32)3-11(4-19(25)33)5-22(28(40)41)36-27(39)12-6-20(34)26(21(35)7-12)43-14-9-16(30)24(38)17(31)10-14/h1-4,6-10,22,37-38H,5H2,(H,36,39)(H,40,41). The third-order valence-corrected chi connectivity index (χ3v) is 11.4. The summed E-state index contributed by atoms with van der Waals surface area (Å²) in [7, 11) is 0. The summed E-state index contributed by atoms with van der Waals surface area (Å²) in [6.45, 7) is 0. The lowest BCUT2D eigenvalue weighted by Crippen LogP contribution is -2.42. The van der Waals surface area contributed by atoms with Gasteiger partial charge in [0, 0.05) is 12.0 Å². The maximum atomic E-state index is 13.2. The maximum Gasteiger partial charge on any atom is 0.326 e. The Kier molecular flexibility index (Phi) is 13.2. The molecule has 4 aromatic rings. The number of phenolic OH excluding ortho intramolecular Hbond substituents is 2. The molecule has 0 heterocycles. The second-order valence-corrected chi connectivity index (χ2v) is 16.9. The molecule has 1 amide bonds. The van der Waals surface area contributed by atoms with Gasteiger partial charge in [-0.1, -0.05) is 0 Å². The monoisotopic (exact) mass is 1370 g/mol. The van der Waals surface area contributed by atoms with Crippen molar-refractivity contribution in [1.82, 2.24) is 5.32 Å². The molecular formula is C28H16I7NO7. The highest BCUT2D eigenvalue weighted by atomic mass is 127. The number of rotatable bonds is 9. The summed E-state index contributed by atoms with van der Waals surface area (Å²) >= 11 is 14.5. The molecule has 0 aliphatic carbocycles. The van der Waals surface area contributed by atoms with Crippen molar-refractivity contribution in [3.8, 4) is 34.5 Å². The van der Waals surface area contributed by atoms with Gasteiger partial charge in [0.15, 0.2) is 11.5 Å². The Balaban J connectivity index is 1.50. The van der Waals surface area contributed by atoms with Crippen LogP contribution in [0.5, 0.6) is 34.5 Å². The molecule has 4 N–H and O–H groups in total. The van der Waals surface area contributed by atoms with E-state index in [-0.39, 0.29) is 17.9 Å². The normalized spacial score (nSPS) is 11.6. The molecular weight excluding hydrogens is 1350 g/mol. The Hall–Kier alpha value is 0.130. The molecule has 0 saturated carbocycles. The van der Waals surface area contributed by atoms with Crippen molar-refractivity contribution in [2.45, 2.75) is 12.5 Å². The molecule has 0 radical (unpaired) electrons. The number of ether oxygens (including phenoxy) is 2. The van der Waals surface area contributed by atoms with Crippen LogP contribution in [0.2, 0.25) is 0 Å². The summed E-state index contributed by atoms with van der Waals surface area (Å²) in [6, 6.07) is 14.2. The number of nitrogens with one attached hydrogen (secondary N) is 1. The summed E-state index contributed by atoms with van der Waals surface area (Å²) in [4.78, 5) is 25.4. The number of carboxylic acids is 1. The molecule has 15 heteroatoms. The van der Waals surface area contributed by atoms with Gasteiger partial charge in [0.1, 0.15) is 29.0 Å². The van der Waals surface area contributed by atoms with Gasteiger partial charge in [-0.15, -0.1) is 0 Å². The van der Waals surface area contributed by atoms with E-state index in [2.05, 4.69) is 95.7 Å². The predicted octanol–water partition coefficient (Wildman–Crippen LogP) is 9.34.